The van der Waals surface area contributed by atoms with Crippen LogP contribution in [0.25, 0.3) is 0 Å². The van der Waals surface area contributed by atoms with E-state index in [1.165, 1.54) is 0 Å². The molecule has 0 aromatic heterocycles. The molecule has 1 amide bonds. The Morgan fingerprint density at radius 3 is 2.46 bits per heavy atom. The average Bonchev–Trinajstić information content (AvgIpc) is 2.68. The maximum atomic E-state index is 12.2. The lowest BCUT2D eigenvalue weighted by atomic mass is 10.1. The van der Waals surface area contributed by atoms with E-state index in [0.29, 0.717) is 19.1 Å². The normalized spacial score (nSPS) is 10.6. The summed E-state index contributed by atoms with van der Waals surface area (Å²) in [6.07, 6.45) is 3.11. The minimum absolute atomic E-state index is 0.114. The highest BCUT2D eigenvalue weighted by Gasteiger charge is 2.06. The smallest absolute Gasteiger partial charge is 0.243 e. The van der Waals surface area contributed by atoms with Gasteiger partial charge in [0.2, 0.25) is 5.91 Å². The zero-order chi connectivity index (χ0) is 20.2. The van der Waals surface area contributed by atoms with E-state index >= 15 is 0 Å². The van der Waals surface area contributed by atoms with Crippen LogP contribution in [0.4, 0.5) is 11.4 Å². The van der Waals surface area contributed by atoms with Crippen LogP contribution in [0.5, 0.6) is 11.5 Å². The highest BCUT2D eigenvalue weighted by atomic mass is 16.5. The molecule has 5 nitrogen and oxygen atoms in total. The third-order valence-electron chi connectivity index (χ3n) is 4.18. The number of anilines is 2. The monoisotopic (exact) mass is 384 g/mol. The molecule has 0 aliphatic heterocycles. The molecule has 0 atom stereocenters. The van der Waals surface area contributed by atoms with Crippen molar-refractivity contribution in [3.63, 3.8) is 0 Å². The van der Waals surface area contributed by atoms with Crippen molar-refractivity contribution in [2.45, 2.75) is 40.0 Å². The fourth-order valence-corrected chi connectivity index (χ4v) is 2.49. The highest BCUT2D eigenvalue weighted by Crippen LogP contribution is 2.24. The summed E-state index contributed by atoms with van der Waals surface area (Å²) in [5.74, 6) is 2.09. The lowest BCUT2D eigenvalue weighted by molar-refractivity contribution is -0.114. The molecule has 0 fully saturated rings. The number of rotatable bonds is 12. The summed E-state index contributed by atoms with van der Waals surface area (Å²) >= 11 is 0. The minimum Gasteiger partial charge on any atom is -0.494 e. The molecular formula is C23H32N2O3. The number of para-hydroxylation sites is 2. The second-order valence-corrected chi connectivity index (χ2v) is 7.16. The molecule has 152 valence electrons. The zero-order valence-electron chi connectivity index (χ0n) is 17.2. The Morgan fingerprint density at radius 1 is 1.00 bits per heavy atom. The molecule has 0 aliphatic carbocycles. The predicted octanol–water partition coefficient (Wildman–Crippen LogP) is 5.34. The van der Waals surface area contributed by atoms with Crippen molar-refractivity contribution in [2.24, 2.45) is 5.92 Å². The third kappa shape index (κ3) is 7.91. The van der Waals surface area contributed by atoms with E-state index in [0.717, 1.165) is 42.1 Å². The summed E-state index contributed by atoms with van der Waals surface area (Å²) in [4.78, 5) is 12.2. The van der Waals surface area contributed by atoms with Crippen LogP contribution < -0.4 is 20.1 Å². The van der Waals surface area contributed by atoms with E-state index in [9.17, 15) is 4.79 Å². The van der Waals surface area contributed by atoms with Gasteiger partial charge in [0.25, 0.3) is 0 Å². The maximum Gasteiger partial charge on any atom is 0.243 e. The number of amides is 1. The molecule has 5 heteroatoms. The van der Waals surface area contributed by atoms with Crippen LogP contribution in [-0.4, -0.2) is 25.7 Å². The van der Waals surface area contributed by atoms with Gasteiger partial charge in [0.05, 0.1) is 25.4 Å². The van der Waals surface area contributed by atoms with Crippen LogP contribution in [0.15, 0.2) is 48.5 Å². The number of hydrogen-bond acceptors (Lipinski definition) is 4. The van der Waals surface area contributed by atoms with Crippen molar-refractivity contribution < 1.29 is 14.3 Å². The number of carbonyl (C=O) groups is 1. The molecule has 0 bridgehead atoms. The average molecular weight is 385 g/mol. The molecule has 0 radical (unpaired) electrons. The lowest BCUT2D eigenvalue weighted by Crippen LogP contribution is -2.22. The number of benzene rings is 2. The summed E-state index contributed by atoms with van der Waals surface area (Å²) in [6.45, 7) is 8.01. The molecule has 2 aromatic rings. The molecule has 0 spiro atoms. The first-order chi connectivity index (χ1) is 13.6. The van der Waals surface area contributed by atoms with Crippen molar-refractivity contribution in [1.29, 1.82) is 0 Å². The fraction of sp³-hybridized carbons (Fsp3) is 0.435. The van der Waals surface area contributed by atoms with Gasteiger partial charge in [-0.1, -0.05) is 39.3 Å². The molecule has 0 aliphatic rings. The summed E-state index contributed by atoms with van der Waals surface area (Å²) < 4.78 is 11.5. The molecule has 2 N–H and O–H groups in total. The van der Waals surface area contributed by atoms with Crippen LogP contribution >= 0.6 is 0 Å². The van der Waals surface area contributed by atoms with Gasteiger partial charge in [-0.2, -0.15) is 0 Å². The van der Waals surface area contributed by atoms with Gasteiger partial charge in [0.15, 0.2) is 0 Å². The summed E-state index contributed by atoms with van der Waals surface area (Å²) in [5.41, 5.74) is 1.57. The van der Waals surface area contributed by atoms with Gasteiger partial charge in [0.1, 0.15) is 11.5 Å². The third-order valence-corrected chi connectivity index (χ3v) is 4.18. The topological polar surface area (TPSA) is 59.6 Å². The number of nitrogens with one attached hydrogen (secondary N) is 2. The SMILES string of the molecule is CCCCOc1ccccc1NCC(=O)Nc1ccc(OCCC(C)C)cc1. The Bertz CT molecular complexity index is 714. The first-order valence-electron chi connectivity index (χ1n) is 10.1. The van der Waals surface area contributed by atoms with Crippen LogP contribution in [0.2, 0.25) is 0 Å². The molecular weight excluding hydrogens is 352 g/mol. The van der Waals surface area contributed by atoms with Crippen LogP contribution in [0.3, 0.4) is 0 Å². The second-order valence-electron chi connectivity index (χ2n) is 7.16. The number of carbonyl (C=O) groups excluding carboxylic acids is 1. The van der Waals surface area contributed by atoms with Crippen LogP contribution in [0.1, 0.15) is 40.0 Å². The van der Waals surface area contributed by atoms with E-state index in [1.807, 2.05) is 48.5 Å². The molecule has 0 heterocycles. The second kappa shape index (κ2) is 11.9. The summed E-state index contributed by atoms with van der Waals surface area (Å²) in [5, 5.41) is 6.04. The first-order valence-corrected chi connectivity index (χ1v) is 10.1. The first kappa shape index (κ1) is 21.6. The van der Waals surface area contributed by atoms with E-state index in [4.69, 9.17) is 9.47 Å². The van der Waals surface area contributed by atoms with E-state index in [2.05, 4.69) is 31.4 Å². The standard InChI is InChI=1S/C23H32N2O3/c1-4-5-15-28-22-9-7-6-8-21(22)24-17-23(26)25-19-10-12-20(13-11-19)27-16-14-18(2)3/h6-13,18,24H,4-5,14-17H2,1-3H3,(H,25,26). The molecule has 0 saturated carbocycles. The molecule has 0 unspecified atom stereocenters. The van der Waals surface area contributed by atoms with Gasteiger partial charge in [-0.15, -0.1) is 0 Å². The van der Waals surface area contributed by atoms with Crippen molar-refractivity contribution in [3.05, 3.63) is 48.5 Å². The molecule has 2 aromatic carbocycles. The molecule has 2 rings (SSSR count). The van der Waals surface area contributed by atoms with Crippen molar-refractivity contribution in [1.82, 2.24) is 0 Å². The summed E-state index contributed by atoms with van der Waals surface area (Å²) in [6, 6.07) is 15.1. The van der Waals surface area contributed by atoms with Gasteiger partial charge in [-0.25, -0.2) is 0 Å². The van der Waals surface area contributed by atoms with Crippen molar-refractivity contribution in [3.8, 4) is 11.5 Å². The number of hydrogen-bond donors (Lipinski definition) is 2. The van der Waals surface area contributed by atoms with Gasteiger partial charge < -0.3 is 20.1 Å². The Morgan fingerprint density at radius 2 is 1.75 bits per heavy atom. The van der Waals surface area contributed by atoms with Crippen molar-refractivity contribution >= 4 is 17.3 Å². The molecule has 28 heavy (non-hydrogen) atoms. The van der Waals surface area contributed by atoms with Gasteiger partial charge in [-0.3, -0.25) is 4.79 Å². The van der Waals surface area contributed by atoms with Gasteiger partial charge >= 0.3 is 0 Å². The maximum absolute atomic E-state index is 12.2. The number of unbranched alkanes of at least 4 members (excludes halogenated alkanes) is 1. The van der Waals surface area contributed by atoms with Gasteiger partial charge in [0, 0.05) is 5.69 Å². The number of ether oxygens (including phenoxy) is 2. The minimum atomic E-state index is -0.114. The Hall–Kier alpha value is -2.69. The van der Waals surface area contributed by atoms with E-state index < -0.39 is 0 Å². The Labute approximate surface area is 168 Å². The van der Waals surface area contributed by atoms with Crippen molar-refractivity contribution in [2.75, 3.05) is 30.4 Å². The van der Waals surface area contributed by atoms with Crippen LogP contribution in [0, 0.1) is 5.92 Å². The van der Waals surface area contributed by atoms with Crippen LogP contribution in [-0.2, 0) is 4.79 Å². The predicted molar refractivity (Wildman–Crippen MR) is 115 cm³/mol. The Kier molecular flexibility index (Phi) is 9.19. The Balaban J connectivity index is 1.79. The quantitative estimate of drug-likeness (QED) is 0.485. The highest BCUT2D eigenvalue weighted by molar-refractivity contribution is 5.94. The lowest BCUT2D eigenvalue weighted by Gasteiger charge is -2.13. The molecule has 0 saturated heterocycles. The van der Waals surface area contributed by atoms with E-state index in [1.54, 1.807) is 0 Å². The zero-order valence-corrected chi connectivity index (χ0v) is 17.2. The fourth-order valence-electron chi connectivity index (χ4n) is 2.49. The van der Waals surface area contributed by atoms with E-state index in [-0.39, 0.29) is 12.5 Å². The largest absolute Gasteiger partial charge is 0.494 e. The van der Waals surface area contributed by atoms with Gasteiger partial charge in [-0.05, 0) is 55.2 Å². The summed E-state index contributed by atoms with van der Waals surface area (Å²) in [7, 11) is 0.